The first-order valence-corrected chi connectivity index (χ1v) is 14.0. The molecule has 3 heterocycles. The SMILES string of the molecule is Cc1ccc(N2C(=O)C3Sc4[nH]c(=O)sc4[C@H](c4ccccc4OCC(=O)Nc4ccccc4)C3C2=O)cc1. The predicted molar refractivity (Wildman–Crippen MR) is 151 cm³/mol. The number of anilines is 2. The van der Waals surface area contributed by atoms with Crippen LogP contribution in [0.1, 0.15) is 21.9 Å². The van der Waals surface area contributed by atoms with Gasteiger partial charge in [0.25, 0.3) is 5.91 Å². The smallest absolute Gasteiger partial charge is 0.305 e. The van der Waals surface area contributed by atoms with Gasteiger partial charge in [0, 0.05) is 22.0 Å². The number of hydrogen-bond donors (Lipinski definition) is 2. The van der Waals surface area contributed by atoms with Crippen molar-refractivity contribution in [3.05, 3.63) is 105 Å². The Balaban J connectivity index is 1.35. The van der Waals surface area contributed by atoms with Gasteiger partial charge in [-0.1, -0.05) is 77.2 Å². The molecule has 0 spiro atoms. The van der Waals surface area contributed by atoms with Gasteiger partial charge in [0.2, 0.25) is 11.8 Å². The molecular weight excluding hydrogens is 534 g/mol. The molecule has 8 nitrogen and oxygen atoms in total. The summed E-state index contributed by atoms with van der Waals surface area (Å²) < 4.78 is 5.97. The molecule has 1 aromatic heterocycles. The fourth-order valence-corrected chi connectivity index (χ4v) is 7.54. The molecule has 39 heavy (non-hydrogen) atoms. The summed E-state index contributed by atoms with van der Waals surface area (Å²) in [6, 6.07) is 23.5. The minimum atomic E-state index is -0.745. The van der Waals surface area contributed by atoms with Crippen LogP contribution in [0.4, 0.5) is 11.4 Å². The second-order valence-corrected chi connectivity index (χ2v) is 11.5. The van der Waals surface area contributed by atoms with Crippen molar-refractivity contribution in [3.63, 3.8) is 0 Å². The first-order valence-electron chi connectivity index (χ1n) is 12.3. The molecule has 0 aliphatic carbocycles. The lowest BCUT2D eigenvalue weighted by Gasteiger charge is -2.30. The lowest BCUT2D eigenvalue weighted by molar-refractivity contribution is -0.122. The van der Waals surface area contributed by atoms with Crippen LogP contribution in [-0.2, 0) is 14.4 Å². The summed E-state index contributed by atoms with van der Waals surface area (Å²) in [7, 11) is 0. The van der Waals surface area contributed by atoms with E-state index in [1.54, 1.807) is 36.4 Å². The van der Waals surface area contributed by atoms with Crippen LogP contribution in [0, 0.1) is 12.8 Å². The number of hydrogen-bond acceptors (Lipinski definition) is 7. The number of aryl methyl sites for hydroxylation is 1. The van der Waals surface area contributed by atoms with Crippen molar-refractivity contribution in [2.24, 2.45) is 5.92 Å². The van der Waals surface area contributed by atoms with E-state index in [4.69, 9.17) is 4.74 Å². The molecule has 2 aliphatic rings. The lowest BCUT2D eigenvalue weighted by Crippen LogP contribution is -2.32. The van der Waals surface area contributed by atoms with E-state index in [1.807, 2.05) is 49.4 Å². The Kier molecular flexibility index (Phi) is 6.58. The molecule has 196 valence electrons. The summed E-state index contributed by atoms with van der Waals surface area (Å²) in [5.74, 6) is -1.91. The maximum atomic E-state index is 13.9. The summed E-state index contributed by atoms with van der Waals surface area (Å²) in [5.41, 5.74) is 2.83. The molecule has 3 aromatic carbocycles. The molecule has 0 bridgehead atoms. The van der Waals surface area contributed by atoms with Gasteiger partial charge >= 0.3 is 4.87 Å². The number of nitrogens with one attached hydrogen (secondary N) is 2. The number of aromatic amines is 1. The standard InChI is InChI=1S/C29H23N3O5S2/c1-16-11-13-18(14-12-16)32-27(34)23-22(24-26(31-29(36)39-24)38-25(23)28(32)35)19-9-5-6-10-20(19)37-15-21(33)30-17-7-3-2-4-8-17/h2-14,22-23,25H,15H2,1H3,(H,30,33)(H,31,36)/t22-,23?,25?/m1/s1. The number of carbonyl (C=O) groups is 3. The zero-order chi connectivity index (χ0) is 27.1. The molecular formula is C29H23N3O5S2. The third-order valence-corrected chi connectivity index (χ3v) is 9.19. The van der Waals surface area contributed by atoms with Crippen LogP contribution in [0.15, 0.2) is 88.7 Å². The van der Waals surface area contributed by atoms with E-state index >= 15 is 0 Å². The number of aromatic nitrogens is 1. The largest absolute Gasteiger partial charge is 0.483 e. The van der Waals surface area contributed by atoms with E-state index in [0.717, 1.165) is 16.9 Å². The summed E-state index contributed by atoms with van der Waals surface area (Å²) in [5, 5.41) is 2.66. The summed E-state index contributed by atoms with van der Waals surface area (Å²) in [6.45, 7) is 1.69. The van der Waals surface area contributed by atoms with Crippen LogP contribution in [0.25, 0.3) is 0 Å². The number of thioether (sulfide) groups is 1. The molecule has 3 atom stereocenters. The summed E-state index contributed by atoms with van der Waals surface area (Å²) >= 11 is 2.25. The van der Waals surface area contributed by atoms with Crippen molar-refractivity contribution in [1.29, 1.82) is 0 Å². The van der Waals surface area contributed by atoms with Crippen LogP contribution < -0.4 is 19.8 Å². The van der Waals surface area contributed by atoms with E-state index in [9.17, 15) is 19.2 Å². The number of carbonyl (C=O) groups excluding carboxylic acids is 3. The predicted octanol–water partition coefficient (Wildman–Crippen LogP) is 4.56. The Morgan fingerprint density at radius 2 is 1.67 bits per heavy atom. The number of benzene rings is 3. The first kappa shape index (κ1) is 25.1. The van der Waals surface area contributed by atoms with Gasteiger partial charge in [0.15, 0.2) is 6.61 Å². The summed E-state index contributed by atoms with van der Waals surface area (Å²) in [6.07, 6.45) is 0. The van der Waals surface area contributed by atoms with E-state index in [-0.39, 0.29) is 29.2 Å². The molecule has 10 heteroatoms. The second kappa shape index (κ2) is 10.2. The quantitative estimate of drug-likeness (QED) is 0.337. The third-order valence-electron chi connectivity index (χ3n) is 6.79. The van der Waals surface area contributed by atoms with Gasteiger partial charge in [0.1, 0.15) is 11.0 Å². The van der Waals surface area contributed by atoms with Gasteiger partial charge in [-0.15, -0.1) is 0 Å². The Bertz CT molecular complexity index is 1630. The van der Waals surface area contributed by atoms with E-state index in [2.05, 4.69) is 10.3 Å². The monoisotopic (exact) mass is 557 g/mol. The highest BCUT2D eigenvalue weighted by Crippen LogP contribution is 2.54. The molecule has 0 radical (unpaired) electrons. The molecule has 4 aromatic rings. The molecule has 6 rings (SSSR count). The van der Waals surface area contributed by atoms with Crippen molar-refractivity contribution in [2.45, 2.75) is 23.1 Å². The van der Waals surface area contributed by atoms with Crippen molar-refractivity contribution < 1.29 is 19.1 Å². The normalized spacial score (nSPS) is 19.9. The molecule has 3 amide bonds. The number of imide groups is 1. The highest BCUT2D eigenvalue weighted by Gasteiger charge is 2.56. The Morgan fingerprint density at radius 1 is 0.949 bits per heavy atom. The second-order valence-electron chi connectivity index (χ2n) is 9.34. The van der Waals surface area contributed by atoms with Gasteiger partial charge in [-0.25, -0.2) is 4.90 Å². The van der Waals surface area contributed by atoms with Crippen LogP contribution in [-0.4, -0.2) is 34.6 Å². The highest BCUT2D eigenvalue weighted by molar-refractivity contribution is 8.00. The van der Waals surface area contributed by atoms with Gasteiger partial charge in [-0.3, -0.25) is 19.2 Å². The number of H-pyrrole nitrogens is 1. The topological polar surface area (TPSA) is 109 Å². The Morgan fingerprint density at radius 3 is 2.44 bits per heavy atom. The van der Waals surface area contributed by atoms with Gasteiger partial charge in [-0.2, -0.15) is 0 Å². The van der Waals surface area contributed by atoms with E-state index in [1.165, 1.54) is 16.7 Å². The van der Waals surface area contributed by atoms with Crippen molar-refractivity contribution in [1.82, 2.24) is 4.98 Å². The fraction of sp³-hybridized carbons (Fsp3) is 0.172. The average molecular weight is 558 g/mol. The molecule has 2 unspecified atom stereocenters. The molecule has 2 N–H and O–H groups in total. The zero-order valence-corrected chi connectivity index (χ0v) is 22.4. The average Bonchev–Trinajstić information content (AvgIpc) is 3.43. The van der Waals surface area contributed by atoms with Gasteiger partial charge in [0.05, 0.1) is 16.6 Å². The van der Waals surface area contributed by atoms with Crippen molar-refractivity contribution in [3.8, 4) is 5.75 Å². The number of para-hydroxylation sites is 2. The van der Waals surface area contributed by atoms with Crippen LogP contribution >= 0.6 is 23.1 Å². The lowest BCUT2D eigenvalue weighted by atomic mass is 9.82. The van der Waals surface area contributed by atoms with Gasteiger partial charge < -0.3 is 15.0 Å². The molecule has 0 saturated carbocycles. The van der Waals surface area contributed by atoms with Crippen LogP contribution in [0.3, 0.4) is 0 Å². The molecule has 1 saturated heterocycles. The minimum absolute atomic E-state index is 0.250. The molecule has 1 fully saturated rings. The minimum Gasteiger partial charge on any atom is -0.483 e. The number of nitrogens with zero attached hydrogens (tertiary/aromatic N) is 1. The number of amides is 3. The molecule has 2 aliphatic heterocycles. The van der Waals surface area contributed by atoms with Gasteiger partial charge in [-0.05, 0) is 37.3 Å². The van der Waals surface area contributed by atoms with E-state index < -0.39 is 17.1 Å². The Hall–Kier alpha value is -4.15. The number of fused-ring (bicyclic) bond motifs is 2. The number of rotatable bonds is 6. The van der Waals surface area contributed by atoms with Crippen LogP contribution in [0.5, 0.6) is 5.75 Å². The van der Waals surface area contributed by atoms with Crippen molar-refractivity contribution >= 4 is 52.2 Å². The Labute approximate surface area is 232 Å². The zero-order valence-electron chi connectivity index (χ0n) is 20.7. The first-order chi connectivity index (χ1) is 18.9. The maximum absolute atomic E-state index is 13.9. The third kappa shape index (κ3) is 4.66. The summed E-state index contributed by atoms with van der Waals surface area (Å²) in [4.78, 5) is 57.0. The number of thiazole rings is 1. The van der Waals surface area contributed by atoms with E-state index in [0.29, 0.717) is 32.6 Å². The number of ether oxygens (including phenoxy) is 1. The highest BCUT2D eigenvalue weighted by atomic mass is 32.2. The van der Waals surface area contributed by atoms with Crippen molar-refractivity contribution in [2.75, 3.05) is 16.8 Å². The fourth-order valence-electron chi connectivity index (χ4n) is 5.03. The maximum Gasteiger partial charge on any atom is 0.305 e. The van der Waals surface area contributed by atoms with Crippen LogP contribution in [0.2, 0.25) is 0 Å².